The van der Waals surface area contributed by atoms with Crippen molar-refractivity contribution in [1.29, 1.82) is 5.41 Å². The van der Waals surface area contributed by atoms with Gasteiger partial charge >= 0.3 is 5.97 Å². The van der Waals surface area contributed by atoms with Crippen LogP contribution in [-0.2, 0) is 22.6 Å². The molecule has 0 saturated carbocycles. The fourth-order valence-electron chi connectivity index (χ4n) is 2.90. The van der Waals surface area contributed by atoms with Crippen LogP contribution < -0.4 is 11.1 Å². The zero-order chi connectivity index (χ0) is 19.6. The normalized spacial score (nSPS) is 13.0. The van der Waals surface area contributed by atoms with Crippen LogP contribution in [0.15, 0.2) is 42.5 Å². The number of hydrogen-bond acceptors (Lipinski definition) is 4. The number of benzene rings is 2. The quantitative estimate of drug-likeness (QED) is 0.465. The first kappa shape index (κ1) is 18.1. The van der Waals surface area contributed by atoms with Crippen molar-refractivity contribution in [3.05, 3.63) is 64.7 Å². The molecule has 0 aliphatic carbocycles. The molecule has 0 bridgehead atoms. The Morgan fingerprint density at radius 1 is 1.11 bits per heavy atom. The van der Waals surface area contributed by atoms with Crippen LogP contribution in [-0.4, -0.2) is 40.2 Å². The Balaban J connectivity index is 1.75. The summed E-state index contributed by atoms with van der Waals surface area (Å²) in [7, 11) is 0. The Hall–Kier alpha value is -3.68. The summed E-state index contributed by atoms with van der Waals surface area (Å²) in [4.78, 5) is 36.5. The van der Waals surface area contributed by atoms with Crippen molar-refractivity contribution in [2.75, 3.05) is 11.9 Å². The predicted octanol–water partition coefficient (Wildman–Crippen LogP) is 1.19. The van der Waals surface area contributed by atoms with E-state index in [1.54, 1.807) is 42.5 Å². The molecule has 0 fully saturated rings. The molecule has 2 amide bonds. The van der Waals surface area contributed by atoms with Gasteiger partial charge in [0, 0.05) is 23.4 Å². The van der Waals surface area contributed by atoms with Crippen molar-refractivity contribution in [2.45, 2.75) is 13.0 Å². The second-order valence-corrected chi connectivity index (χ2v) is 6.25. The maximum Gasteiger partial charge on any atom is 0.323 e. The number of nitrogens with one attached hydrogen (secondary N) is 2. The van der Waals surface area contributed by atoms with Crippen molar-refractivity contribution in [3.8, 4) is 0 Å². The van der Waals surface area contributed by atoms with Crippen LogP contribution in [0, 0.1) is 5.41 Å². The monoisotopic (exact) mass is 366 g/mol. The molecule has 0 spiro atoms. The molecule has 27 heavy (non-hydrogen) atoms. The van der Waals surface area contributed by atoms with Crippen LogP contribution in [0.4, 0.5) is 5.69 Å². The molecule has 8 nitrogen and oxygen atoms in total. The zero-order valence-electron chi connectivity index (χ0n) is 14.4. The Kier molecular flexibility index (Phi) is 4.89. The standard InChI is InChI=1S/C19H18N4O4/c20-18(21)11-1-3-12(4-2-11)19(27)22-15-6-5-13-8-16(24)23(10-17(25)26)9-14(13)7-15/h1-7H,8-10H2,(H3,20,21)(H,22,27)(H,25,26). The molecule has 0 atom stereocenters. The minimum atomic E-state index is -1.06. The van der Waals surface area contributed by atoms with E-state index in [4.69, 9.17) is 16.2 Å². The largest absolute Gasteiger partial charge is 0.480 e. The number of aliphatic carboxylic acids is 1. The average Bonchev–Trinajstić information content (AvgIpc) is 2.62. The van der Waals surface area contributed by atoms with Crippen LogP contribution in [0.3, 0.4) is 0 Å². The van der Waals surface area contributed by atoms with Gasteiger partial charge in [-0.2, -0.15) is 0 Å². The highest BCUT2D eigenvalue weighted by atomic mass is 16.4. The lowest BCUT2D eigenvalue weighted by molar-refractivity contribution is -0.145. The lowest BCUT2D eigenvalue weighted by atomic mass is 9.98. The molecule has 2 aromatic carbocycles. The smallest absolute Gasteiger partial charge is 0.323 e. The average molecular weight is 366 g/mol. The van der Waals surface area contributed by atoms with Gasteiger partial charge in [0.25, 0.3) is 5.91 Å². The van der Waals surface area contributed by atoms with Crippen LogP contribution in [0.1, 0.15) is 27.0 Å². The van der Waals surface area contributed by atoms with Crippen molar-refractivity contribution < 1.29 is 19.5 Å². The molecule has 0 radical (unpaired) electrons. The Labute approximate surface area is 155 Å². The Morgan fingerprint density at radius 2 is 1.78 bits per heavy atom. The number of anilines is 1. The first-order chi connectivity index (χ1) is 12.8. The van der Waals surface area contributed by atoms with Gasteiger partial charge in [0.15, 0.2) is 0 Å². The molecule has 2 aromatic rings. The van der Waals surface area contributed by atoms with E-state index in [1.807, 2.05) is 0 Å². The highest BCUT2D eigenvalue weighted by Gasteiger charge is 2.24. The number of carbonyl (C=O) groups excluding carboxylic acids is 2. The summed E-state index contributed by atoms with van der Waals surface area (Å²) in [5.41, 5.74) is 8.53. The predicted molar refractivity (Wildman–Crippen MR) is 98.6 cm³/mol. The van der Waals surface area contributed by atoms with E-state index in [9.17, 15) is 14.4 Å². The number of nitrogens with zero attached hydrogens (tertiary/aromatic N) is 1. The number of carbonyl (C=O) groups is 3. The molecule has 3 rings (SSSR count). The molecule has 1 heterocycles. The number of amides is 2. The summed E-state index contributed by atoms with van der Waals surface area (Å²) in [5, 5.41) is 19.1. The third-order valence-electron chi connectivity index (χ3n) is 4.30. The number of nitrogens with two attached hydrogens (primary N) is 1. The third kappa shape index (κ3) is 4.12. The zero-order valence-corrected chi connectivity index (χ0v) is 14.4. The van der Waals surface area contributed by atoms with Crippen LogP contribution >= 0.6 is 0 Å². The first-order valence-electron chi connectivity index (χ1n) is 8.20. The summed E-state index contributed by atoms with van der Waals surface area (Å²) in [5.74, 6) is -1.69. The van der Waals surface area contributed by atoms with Crippen molar-refractivity contribution in [3.63, 3.8) is 0 Å². The molecule has 0 aromatic heterocycles. The van der Waals surface area contributed by atoms with Crippen LogP contribution in [0.2, 0.25) is 0 Å². The van der Waals surface area contributed by atoms with E-state index in [2.05, 4.69) is 5.32 Å². The summed E-state index contributed by atoms with van der Waals surface area (Å²) in [6.45, 7) is -0.158. The van der Waals surface area contributed by atoms with Gasteiger partial charge in [-0.3, -0.25) is 19.8 Å². The maximum absolute atomic E-state index is 12.4. The molecule has 5 N–H and O–H groups in total. The summed E-state index contributed by atoms with van der Waals surface area (Å²) in [6.07, 6.45) is 0.142. The second-order valence-electron chi connectivity index (χ2n) is 6.25. The minimum Gasteiger partial charge on any atom is -0.480 e. The van der Waals surface area contributed by atoms with E-state index >= 15 is 0 Å². The number of carboxylic acids is 1. The summed E-state index contributed by atoms with van der Waals surface area (Å²) < 4.78 is 0. The van der Waals surface area contributed by atoms with Gasteiger partial charge in [-0.1, -0.05) is 18.2 Å². The summed E-state index contributed by atoms with van der Waals surface area (Å²) >= 11 is 0. The number of carboxylic acid groups (broad SMARTS) is 1. The number of nitrogen functional groups attached to an aromatic ring is 1. The molecule has 138 valence electrons. The van der Waals surface area contributed by atoms with Gasteiger partial charge in [-0.15, -0.1) is 0 Å². The Morgan fingerprint density at radius 3 is 2.41 bits per heavy atom. The van der Waals surface area contributed by atoms with Crippen molar-refractivity contribution in [2.24, 2.45) is 5.73 Å². The molecule has 0 saturated heterocycles. The van der Waals surface area contributed by atoms with Crippen molar-refractivity contribution >= 4 is 29.3 Å². The van der Waals surface area contributed by atoms with Crippen molar-refractivity contribution in [1.82, 2.24) is 4.90 Å². The van der Waals surface area contributed by atoms with Gasteiger partial charge in [0.1, 0.15) is 12.4 Å². The summed E-state index contributed by atoms with van der Waals surface area (Å²) in [6, 6.07) is 11.6. The number of hydrogen-bond donors (Lipinski definition) is 4. The lowest BCUT2D eigenvalue weighted by Crippen LogP contribution is -2.39. The highest BCUT2D eigenvalue weighted by Crippen LogP contribution is 2.23. The van der Waals surface area contributed by atoms with Gasteiger partial charge in [0.2, 0.25) is 5.91 Å². The lowest BCUT2D eigenvalue weighted by Gasteiger charge is -2.27. The fourth-order valence-corrected chi connectivity index (χ4v) is 2.90. The van der Waals surface area contributed by atoms with Gasteiger partial charge < -0.3 is 21.1 Å². The molecule has 8 heteroatoms. The maximum atomic E-state index is 12.4. The highest BCUT2D eigenvalue weighted by molar-refractivity contribution is 6.05. The first-order valence-corrected chi connectivity index (χ1v) is 8.20. The number of amidine groups is 1. The fraction of sp³-hybridized carbons (Fsp3) is 0.158. The number of rotatable bonds is 5. The van der Waals surface area contributed by atoms with E-state index in [0.717, 1.165) is 11.1 Å². The topological polar surface area (TPSA) is 137 Å². The SMILES string of the molecule is N=C(N)c1ccc(C(=O)Nc2ccc3c(c2)CN(CC(=O)O)C(=O)C3)cc1. The Bertz CT molecular complexity index is 937. The van der Waals surface area contributed by atoms with Crippen LogP contribution in [0.5, 0.6) is 0 Å². The van der Waals surface area contributed by atoms with Gasteiger partial charge in [-0.25, -0.2) is 0 Å². The minimum absolute atomic E-state index is 0.0721. The van der Waals surface area contributed by atoms with E-state index in [-0.39, 0.29) is 37.2 Å². The third-order valence-corrected chi connectivity index (χ3v) is 4.30. The molecular weight excluding hydrogens is 348 g/mol. The van der Waals surface area contributed by atoms with Gasteiger partial charge in [0.05, 0.1) is 6.42 Å². The van der Waals surface area contributed by atoms with Gasteiger partial charge in [-0.05, 0) is 35.4 Å². The molecular formula is C19H18N4O4. The van der Waals surface area contributed by atoms with E-state index in [0.29, 0.717) is 16.8 Å². The second kappa shape index (κ2) is 7.28. The van der Waals surface area contributed by atoms with E-state index < -0.39 is 5.97 Å². The molecule has 1 aliphatic heterocycles. The molecule has 0 unspecified atom stereocenters. The van der Waals surface area contributed by atoms with Crippen LogP contribution in [0.25, 0.3) is 0 Å². The van der Waals surface area contributed by atoms with E-state index in [1.165, 1.54) is 4.90 Å². The molecule has 1 aliphatic rings. The number of fused-ring (bicyclic) bond motifs is 1.